The molecule has 2 N–H and O–H groups in total. The molecule has 1 amide bonds. The predicted molar refractivity (Wildman–Crippen MR) is 91.0 cm³/mol. The van der Waals surface area contributed by atoms with E-state index in [1.54, 1.807) is 17.3 Å². The Kier molecular flexibility index (Phi) is 3.83. The number of rotatable bonds is 2. The lowest BCUT2D eigenvalue weighted by Crippen LogP contribution is -2.39. The van der Waals surface area contributed by atoms with Crippen LogP contribution in [-0.2, 0) is 0 Å². The highest BCUT2D eigenvalue weighted by atomic mass is 19.1. The number of H-pyrrole nitrogens is 2. The van der Waals surface area contributed by atoms with Gasteiger partial charge in [0.1, 0.15) is 11.6 Å². The minimum atomic E-state index is -0.444. The Morgan fingerprint density at radius 3 is 3.00 bits per heavy atom. The van der Waals surface area contributed by atoms with Crippen molar-refractivity contribution in [1.82, 2.24) is 19.9 Å². The van der Waals surface area contributed by atoms with E-state index in [0.29, 0.717) is 24.0 Å². The van der Waals surface area contributed by atoms with Crippen LogP contribution < -0.4 is 5.56 Å². The molecule has 6 nitrogen and oxygen atoms in total. The molecule has 1 fully saturated rings. The molecule has 3 heterocycles. The van der Waals surface area contributed by atoms with Gasteiger partial charge in [-0.15, -0.1) is 0 Å². The molecule has 0 aliphatic carbocycles. The maximum Gasteiger partial charge on any atom is 0.254 e. The summed E-state index contributed by atoms with van der Waals surface area (Å²) in [5, 5.41) is 0.421. The van der Waals surface area contributed by atoms with E-state index in [1.807, 2.05) is 0 Å². The van der Waals surface area contributed by atoms with Gasteiger partial charge in [-0.05, 0) is 31.0 Å². The van der Waals surface area contributed by atoms with Crippen molar-refractivity contribution in [2.75, 3.05) is 13.1 Å². The first-order valence-corrected chi connectivity index (χ1v) is 8.23. The van der Waals surface area contributed by atoms with E-state index in [0.717, 1.165) is 18.7 Å². The van der Waals surface area contributed by atoms with Gasteiger partial charge in [0, 0.05) is 48.4 Å². The van der Waals surface area contributed by atoms with Crippen molar-refractivity contribution in [3.63, 3.8) is 0 Å². The molecule has 1 aliphatic rings. The summed E-state index contributed by atoms with van der Waals surface area (Å²) in [6, 6.07) is 5.28. The minimum absolute atomic E-state index is 0.137. The number of nitrogens with zero attached hydrogens (tertiary/aromatic N) is 2. The predicted octanol–water partition coefficient (Wildman–Crippen LogP) is 2.41. The number of carbonyl (C=O) groups is 1. The van der Waals surface area contributed by atoms with E-state index in [-0.39, 0.29) is 22.9 Å². The molecule has 0 saturated carbocycles. The Bertz CT molecular complexity index is 980. The summed E-state index contributed by atoms with van der Waals surface area (Å²) >= 11 is 0. The van der Waals surface area contributed by atoms with E-state index in [2.05, 4.69) is 15.0 Å². The van der Waals surface area contributed by atoms with Gasteiger partial charge < -0.3 is 14.9 Å². The summed E-state index contributed by atoms with van der Waals surface area (Å²) in [4.78, 5) is 36.6. The second-order valence-electron chi connectivity index (χ2n) is 6.30. The van der Waals surface area contributed by atoms with Gasteiger partial charge in [-0.25, -0.2) is 9.37 Å². The number of piperidine rings is 1. The average molecular weight is 340 g/mol. The van der Waals surface area contributed by atoms with Gasteiger partial charge in [0.25, 0.3) is 5.91 Å². The third-order valence-corrected chi connectivity index (χ3v) is 4.65. The maximum atomic E-state index is 13.6. The van der Waals surface area contributed by atoms with Crippen LogP contribution in [-0.4, -0.2) is 38.8 Å². The summed E-state index contributed by atoms with van der Waals surface area (Å²) in [6.45, 7) is 1.13. The highest BCUT2D eigenvalue weighted by molar-refractivity contribution is 6.06. The van der Waals surface area contributed by atoms with Crippen LogP contribution in [0.4, 0.5) is 4.39 Å². The fourth-order valence-electron chi connectivity index (χ4n) is 3.46. The third kappa shape index (κ3) is 2.93. The van der Waals surface area contributed by atoms with Crippen LogP contribution in [0.2, 0.25) is 0 Å². The number of nitrogens with one attached hydrogen (secondary N) is 2. The highest BCUT2D eigenvalue weighted by Gasteiger charge is 2.28. The Morgan fingerprint density at radius 1 is 1.32 bits per heavy atom. The molecule has 0 spiro atoms. The highest BCUT2D eigenvalue weighted by Crippen LogP contribution is 2.26. The first kappa shape index (κ1) is 15.6. The number of fused-ring (bicyclic) bond motifs is 1. The number of hydrogen-bond donors (Lipinski definition) is 2. The first-order valence-electron chi connectivity index (χ1n) is 8.23. The van der Waals surface area contributed by atoms with Crippen LogP contribution in [0.15, 0.2) is 41.5 Å². The van der Waals surface area contributed by atoms with Crippen LogP contribution in [0.3, 0.4) is 0 Å². The molecule has 25 heavy (non-hydrogen) atoms. The van der Waals surface area contributed by atoms with Crippen molar-refractivity contribution in [1.29, 1.82) is 0 Å². The maximum absolute atomic E-state index is 13.6. The van der Waals surface area contributed by atoms with Crippen LogP contribution in [0.25, 0.3) is 10.9 Å². The van der Waals surface area contributed by atoms with Crippen molar-refractivity contribution >= 4 is 16.8 Å². The quantitative estimate of drug-likeness (QED) is 0.752. The van der Waals surface area contributed by atoms with E-state index < -0.39 is 5.82 Å². The average Bonchev–Trinajstić information content (AvgIpc) is 3.16. The largest absolute Gasteiger partial charge is 0.348 e. The third-order valence-electron chi connectivity index (χ3n) is 4.65. The topological polar surface area (TPSA) is 81.8 Å². The summed E-state index contributed by atoms with van der Waals surface area (Å²) < 4.78 is 13.6. The number of benzene rings is 1. The second-order valence-corrected chi connectivity index (χ2v) is 6.30. The molecule has 7 heteroatoms. The van der Waals surface area contributed by atoms with Crippen molar-refractivity contribution < 1.29 is 9.18 Å². The zero-order chi connectivity index (χ0) is 17.4. The Balaban J connectivity index is 1.70. The van der Waals surface area contributed by atoms with E-state index >= 15 is 0 Å². The van der Waals surface area contributed by atoms with Crippen molar-refractivity contribution in [3.05, 3.63) is 64.2 Å². The number of aromatic nitrogens is 3. The van der Waals surface area contributed by atoms with Gasteiger partial charge in [0.15, 0.2) is 0 Å². The molecule has 0 radical (unpaired) electrons. The number of imidazole rings is 1. The molecule has 1 atom stereocenters. The lowest BCUT2D eigenvalue weighted by Gasteiger charge is -2.32. The molecular formula is C18H17FN4O2. The zero-order valence-corrected chi connectivity index (χ0v) is 13.5. The summed E-state index contributed by atoms with van der Waals surface area (Å²) in [5.74, 6) is 0.302. The Labute approximate surface area is 142 Å². The number of likely N-dealkylation sites (tertiary alicyclic amines) is 1. The fraction of sp³-hybridized carbons (Fsp3) is 0.278. The number of aromatic amines is 2. The van der Waals surface area contributed by atoms with Crippen LogP contribution in [0.1, 0.15) is 34.9 Å². The van der Waals surface area contributed by atoms with E-state index in [9.17, 15) is 14.0 Å². The molecule has 3 aromatic rings. The van der Waals surface area contributed by atoms with Gasteiger partial charge in [-0.3, -0.25) is 9.59 Å². The van der Waals surface area contributed by atoms with Crippen molar-refractivity contribution in [2.45, 2.75) is 18.8 Å². The summed E-state index contributed by atoms with van der Waals surface area (Å²) in [5.41, 5.74) is 0.317. The van der Waals surface area contributed by atoms with Crippen molar-refractivity contribution in [3.8, 4) is 0 Å². The number of halogens is 1. The lowest BCUT2D eigenvalue weighted by molar-refractivity contribution is 0.0706. The van der Waals surface area contributed by atoms with Crippen LogP contribution in [0.5, 0.6) is 0 Å². The minimum Gasteiger partial charge on any atom is -0.348 e. The molecule has 1 aliphatic heterocycles. The zero-order valence-electron chi connectivity index (χ0n) is 13.5. The molecule has 1 unspecified atom stereocenters. The molecular weight excluding hydrogens is 323 g/mol. The first-order chi connectivity index (χ1) is 12.1. The number of amides is 1. The summed E-state index contributed by atoms with van der Waals surface area (Å²) in [7, 11) is 0. The molecule has 128 valence electrons. The molecule has 0 bridgehead atoms. The Hall–Kier alpha value is -2.96. The standard InChI is InChI=1S/C18H17FN4O2/c19-12-3-4-15-13(8-12)14(9-16(24)22-15)18(25)23-7-1-2-11(10-23)17-20-5-6-21-17/h3-6,8-9,11H,1-2,7,10H2,(H,20,21)(H,22,24). The van der Waals surface area contributed by atoms with Crippen molar-refractivity contribution in [2.24, 2.45) is 0 Å². The summed E-state index contributed by atoms with van der Waals surface area (Å²) in [6.07, 6.45) is 5.26. The SMILES string of the molecule is O=C(c1cc(=O)[nH]c2ccc(F)cc12)N1CCCC(c2ncc[nH]2)C1. The van der Waals surface area contributed by atoms with E-state index in [4.69, 9.17) is 0 Å². The van der Waals surface area contributed by atoms with E-state index in [1.165, 1.54) is 24.3 Å². The number of carbonyl (C=O) groups excluding carboxylic acids is 1. The van der Waals surface area contributed by atoms with Gasteiger partial charge in [0.2, 0.25) is 5.56 Å². The molecule has 1 aromatic carbocycles. The van der Waals surface area contributed by atoms with Gasteiger partial charge in [-0.1, -0.05) is 0 Å². The van der Waals surface area contributed by atoms with Crippen LogP contribution in [0, 0.1) is 5.82 Å². The fourth-order valence-corrected chi connectivity index (χ4v) is 3.46. The number of pyridine rings is 1. The molecule has 4 rings (SSSR count). The normalized spacial score (nSPS) is 17.8. The molecule has 2 aromatic heterocycles. The smallest absolute Gasteiger partial charge is 0.254 e. The van der Waals surface area contributed by atoms with Crippen LogP contribution >= 0.6 is 0 Å². The number of hydrogen-bond acceptors (Lipinski definition) is 3. The van der Waals surface area contributed by atoms with Gasteiger partial charge in [0.05, 0.1) is 5.56 Å². The second kappa shape index (κ2) is 6.16. The molecule has 1 saturated heterocycles. The van der Waals surface area contributed by atoms with Gasteiger partial charge in [-0.2, -0.15) is 0 Å². The Morgan fingerprint density at radius 2 is 2.20 bits per heavy atom. The monoisotopic (exact) mass is 340 g/mol. The van der Waals surface area contributed by atoms with Gasteiger partial charge >= 0.3 is 0 Å². The lowest BCUT2D eigenvalue weighted by atomic mass is 9.96.